The van der Waals surface area contributed by atoms with Crippen LogP contribution < -0.4 is 5.32 Å². The van der Waals surface area contributed by atoms with Crippen LogP contribution in [0.3, 0.4) is 0 Å². The number of rotatable bonds is 6. The number of carbonyl (C=O) groups excluding carboxylic acids is 1. The first-order chi connectivity index (χ1) is 14.3. The van der Waals surface area contributed by atoms with Gasteiger partial charge in [0.25, 0.3) is 0 Å². The van der Waals surface area contributed by atoms with Gasteiger partial charge in [-0.2, -0.15) is 5.10 Å². The van der Waals surface area contributed by atoms with Crippen molar-refractivity contribution in [1.29, 1.82) is 0 Å². The van der Waals surface area contributed by atoms with Crippen molar-refractivity contribution < 1.29 is 4.79 Å². The SMILES string of the molecule is O=C(/C=C/c1cn(-c2ccccc2)nc1-c1ccccc1)NCc1cccnc1. The van der Waals surface area contributed by atoms with Gasteiger partial charge in [0.15, 0.2) is 0 Å². The van der Waals surface area contributed by atoms with Gasteiger partial charge in [0.2, 0.25) is 5.91 Å². The fourth-order valence-corrected chi connectivity index (χ4v) is 2.96. The number of hydrogen-bond acceptors (Lipinski definition) is 3. The Bertz CT molecular complexity index is 1100. The summed E-state index contributed by atoms with van der Waals surface area (Å²) in [4.78, 5) is 16.3. The molecule has 0 aliphatic heterocycles. The van der Waals surface area contributed by atoms with E-state index in [0.29, 0.717) is 6.54 Å². The van der Waals surface area contributed by atoms with E-state index in [1.54, 1.807) is 18.5 Å². The van der Waals surface area contributed by atoms with Gasteiger partial charge in [-0.05, 0) is 29.8 Å². The highest BCUT2D eigenvalue weighted by Crippen LogP contribution is 2.24. The van der Waals surface area contributed by atoms with E-state index in [-0.39, 0.29) is 5.91 Å². The van der Waals surface area contributed by atoms with Crippen LogP contribution in [0.2, 0.25) is 0 Å². The first-order valence-corrected chi connectivity index (χ1v) is 9.35. The highest BCUT2D eigenvalue weighted by Gasteiger charge is 2.10. The first kappa shape index (κ1) is 18.4. The lowest BCUT2D eigenvalue weighted by Crippen LogP contribution is -2.20. The van der Waals surface area contributed by atoms with Crippen LogP contribution in [0.1, 0.15) is 11.1 Å². The van der Waals surface area contributed by atoms with Crippen molar-refractivity contribution in [1.82, 2.24) is 20.1 Å². The molecule has 0 bridgehead atoms. The maximum absolute atomic E-state index is 12.3. The summed E-state index contributed by atoms with van der Waals surface area (Å²) in [6, 6.07) is 23.6. The fourth-order valence-electron chi connectivity index (χ4n) is 2.96. The molecule has 29 heavy (non-hydrogen) atoms. The number of amides is 1. The van der Waals surface area contributed by atoms with Crippen molar-refractivity contribution in [2.45, 2.75) is 6.54 Å². The quantitative estimate of drug-likeness (QED) is 0.508. The Morgan fingerprint density at radius 3 is 2.45 bits per heavy atom. The van der Waals surface area contributed by atoms with E-state index in [4.69, 9.17) is 5.10 Å². The Morgan fingerprint density at radius 2 is 1.72 bits per heavy atom. The van der Waals surface area contributed by atoms with Gasteiger partial charge in [-0.25, -0.2) is 4.68 Å². The lowest BCUT2D eigenvalue weighted by atomic mass is 10.1. The number of benzene rings is 2. The normalized spacial score (nSPS) is 10.9. The molecule has 5 nitrogen and oxygen atoms in total. The number of pyridine rings is 1. The molecule has 4 aromatic rings. The Hall–Kier alpha value is -3.99. The lowest BCUT2D eigenvalue weighted by molar-refractivity contribution is -0.116. The van der Waals surface area contributed by atoms with Gasteiger partial charge in [-0.1, -0.05) is 54.6 Å². The van der Waals surface area contributed by atoms with Crippen LogP contribution in [0.15, 0.2) is 97.5 Å². The standard InChI is InChI=1S/C24H20N4O/c29-23(26-17-19-8-7-15-25-16-19)14-13-21-18-28(22-11-5-2-6-12-22)27-24(21)20-9-3-1-4-10-20/h1-16,18H,17H2,(H,26,29)/b14-13+. The zero-order valence-electron chi connectivity index (χ0n) is 15.8. The second-order valence-corrected chi connectivity index (χ2v) is 6.49. The van der Waals surface area contributed by atoms with Gasteiger partial charge >= 0.3 is 0 Å². The zero-order valence-corrected chi connectivity index (χ0v) is 15.8. The number of carbonyl (C=O) groups is 1. The van der Waals surface area contributed by atoms with E-state index in [9.17, 15) is 4.79 Å². The minimum Gasteiger partial charge on any atom is -0.348 e. The van der Waals surface area contributed by atoms with E-state index in [2.05, 4.69) is 10.3 Å². The monoisotopic (exact) mass is 380 g/mol. The molecule has 0 atom stereocenters. The third kappa shape index (κ3) is 4.65. The maximum atomic E-state index is 12.3. The summed E-state index contributed by atoms with van der Waals surface area (Å²) in [6.45, 7) is 0.436. The molecule has 0 fully saturated rings. The summed E-state index contributed by atoms with van der Waals surface area (Å²) in [7, 11) is 0. The van der Waals surface area contributed by atoms with E-state index < -0.39 is 0 Å². The third-order valence-electron chi connectivity index (χ3n) is 4.41. The van der Waals surface area contributed by atoms with E-state index in [1.165, 1.54) is 6.08 Å². The molecular weight excluding hydrogens is 360 g/mol. The van der Waals surface area contributed by atoms with Crippen LogP contribution in [0.5, 0.6) is 0 Å². The minimum absolute atomic E-state index is 0.166. The average Bonchev–Trinajstić information content (AvgIpc) is 3.22. The van der Waals surface area contributed by atoms with Crippen molar-refractivity contribution in [3.63, 3.8) is 0 Å². The largest absolute Gasteiger partial charge is 0.348 e. The number of nitrogens with zero attached hydrogens (tertiary/aromatic N) is 3. The molecule has 1 N–H and O–H groups in total. The highest BCUT2D eigenvalue weighted by atomic mass is 16.1. The van der Waals surface area contributed by atoms with Crippen molar-refractivity contribution in [2.24, 2.45) is 0 Å². The summed E-state index contributed by atoms with van der Waals surface area (Å²) < 4.78 is 1.83. The summed E-state index contributed by atoms with van der Waals surface area (Å²) in [6.07, 6.45) is 8.72. The first-order valence-electron chi connectivity index (χ1n) is 9.35. The molecule has 5 heteroatoms. The van der Waals surface area contributed by atoms with Gasteiger partial charge in [0.1, 0.15) is 0 Å². The van der Waals surface area contributed by atoms with Gasteiger partial charge < -0.3 is 5.32 Å². The number of para-hydroxylation sites is 1. The second-order valence-electron chi connectivity index (χ2n) is 6.49. The fraction of sp³-hybridized carbons (Fsp3) is 0.0417. The van der Waals surface area contributed by atoms with Gasteiger partial charge in [-0.3, -0.25) is 9.78 Å². The molecule has 0 aliphatic rings. The average molecular weight is 380 g/mol. The number of hydrogen-bond donors (Lipinski definition) is 1. The molecule has 1 amide bonds. The smallest absolute Gasteiger partial charge is 0.244 e. The van der Waals surface area contributed by atoms with Crippen LogP contribution in [0.4, 0.5) is 0 Å². The van der Waals surface area contributed by atoms with Crippen molar-refractivity contribution >= 4 is 12.0 Å². The summed E-state index contributed by atoms with van der Waals surface area (Å²) >= 11 is 0. The van der Waals surface area contributed by atoms with Gasteiger partial charge in [0, 0.05) is 42.3 Å². The molecule has 2 aromatic carbocycles. The summed E-state index contributed by atoms with van der Waals surface area (Å²) in [5.41, 5.74) is 4.61. The minimum atomic E-state index is -0.166. The van der Waals surface area contributed by atoms with E-state index in [0.717, 1.165) is 28.1 Å². The molecule has 0 aliphatic carbocycles. The number of aromatic nitrogens is 3. The highest BCUT2D eigenvalue weighted by molar-refractivity contribution is 5.92. The van der Waals surface area contributed by atoms with E-state index >= 15 is 0 Å². The topological polar surface area (TPSA) is 59.8 Å². The maximum Gasteiger partial charge on any atom is 0.244 e. The molecule has 0 saturated heterocycles. The van der Waals surface area contributed by atoms with Crippen LogP contribution in [0, 0.1) is 0 Å². The summed E-state index contributed by atoms with van der Waals surface area (Å²) in [5.74, 6) is -0.166. The lowest BCUT2D eigenvalue weighted by Gasteiger charge is -2.01. The molecule has 2 aromatic heterocycles. The van der Waals surface area contributed by atoms with Crippen molar-refractivity contribution in [2.75, 3.05) is 0 Å². The molecule has 0 radical (unpaired) electrons. The zero-order chi connectivity index (χ0) is 19.9. The van der Waals surface area contributed by atoms with Gasteiger partial charge in [0.05, 0.1) is 11.4 Å². The predicted molar refractivity (Wildman–Crippen MR) is 114 cm³/mol. The third-order valence-corrected chi connectivity index (χ3v) is 4.41. The van der Waals surface area contributed by atoms with Crippen molar-refractivity contribution in [3.05, 3.63) is 109 Å². The Kier molecular flexibility index (Phi) is 5.58. The second kappa shape index (κ2) is 8.80. The Morgan fingerprint density at radius 1 is 0.966 bits per heavy atom. The predicted octanol–water partition coefficient (Wildman–Crippen LogP) is 4.26. The molecule has 4 rings (SSSR count). The number of nitrogens with one attached hydrogen (secondary N) is 1. The van der Waals surface area contributed by atoms with Crippen LogP contribution in [-0.2, 0) is 11.3 Å². The van der Waals surface area contributed by atoms with Crippen molar-refractivity contribution in [3.8, 4) is 16.9 Å². The molecule has 142 valence electrons. The molecule has 0 spiro atoms. The van der Waals surface area contributed by atoms with Gasteiger partial charge in [-0.15, -0.1) is 0 Å². The van der Waals surface area contributed by atoms with Crippen LogP contribution >= 0.6 is 0 Å². The molecule has 2 heterocycles. The molecule has 0 saturated carbocycles. The Balaban J connectivity index is 1.57. The molecular formula is C24H20N4O. The van der Waals surface area contributed by atoms with Crippen LogP contribution in [0.25, 0.3) is 23.0 Å². The molecule has 0 unspecified atom stereocenters. The van der Waals surface area contributed by atoms with E-state index in [1.807, 2.05) is 83.7 Å². The Labute approximate surface area is 169 Å². The van der Waals surface area contributed by atoms with Crippen LogP contribution in [-0.4, -0.2) is 20.7 Å². The summed E-state index contributed by atoms with van der Waals surface area (Å²) in [5, 5.41) is 7.62.